The lowest BCUT2D eigenvalue weighted by Gasteiger charge is -2.21. The molecule has 2 aromatic heterocycles. The highest BCUT2D eigenvalue weighted by atomic mass is 16.5. The van der Waals surface area contributed by atoms with Crippen molar-refractivity contribution in [1.29, 1.82) is 0 Å². The highest BCUT2D eigenvalue weighted by Gasteiger charge is 2.27. The number of anilines is 1. The number of nitrogens with zero attached hydrogens (tertiary/aromatic N) is 4. The number of ether oxygens (including phenoxy) is 1. The molecule has 0 atom stereocenters. The molecule has 0 unspecified atom stereocenters. The molecular weight excluding hydrogens is 440 g/mol. The largest absolute Gasteiger partial charge is 0.495 e. The van der Waals surface area contributed by atoms with Gasteiger partial charge in [-0.1, -0.05) is 48.0 Å². The summed E-state index contributed by atoms with van der Waals surface area (Å²) in [5.41, 5.74) is 3.47. The van der Waals surface area contributed by atoms with Crippen molar-refractivity contribution in [1.82, 2.24) is 14.3 Å². The van der Waals surface area contributed by atoms with Crippen LogP contribution in [0.1, 0.15) is 23.0 Å². The maximum atomic E-state index is 14.1. The molecule has 0 spiro atoms. The topological polar surface area (TPSA) is 69.4 Å². The van der Waals surface area contributed by atoms with Gasteiger partial charge in [-0.25, -0.2) is 0 Å². The van der Waals surface area contributed by atoms with E-state index in [1.54, 1.807) is 16.6 Å². The van der Waals surface area contributed by atoms with Crippen molar-refractivity contribution in [2.24, 2.45) is 7.05 Å². The fourth-order valence-corrected chi connectivity index (χ4v) is 4.62. The molecule has 1 amide bonds. The number of aromatic nitrogens is 3. The van der Waals surface area contributed by atoms with Crippen LogP contribution in [0.4, 0.5) is 5.69 Å². The summed E-state index contributed by atoms with van der Waals surface area (Å²) in [4.78, 5) is 29.5. The van der Waals surface area contributed by atoms with Crippen molar-refractivity contribution in [2.75, 3.05) is 18.6 Å². The second-order valence-electron chi connectivity index (χ2n) is 8.43. The molecule has 0 fully saturated rings. The monoisotopic (exact) mass is 466 g/mol. The number of para-hydroxylation sites is 2. The Balaban J connectivity index is 1.89. The molecule has 5 rings (SSSR count). The average molecular weight is 467 g/mol. The van der Waals surface area contributed by atoms with Gasteiger partial charge in [-0.05, 0) is 44.2 Å². The maximum Gasteiger partial charge on any atom is 0.296 e. The van der Waals surface area contributed by atoms with Gasteiger partial charge < -0.3 is 14.2 Å². The van der Waals surface area contributed by atoms with Gasteiger partial charge in [-0.3, -0.25) is 9.59 Å². The van der Waals surface area contributed by atoms with E-state index in [4.69, 9.17) is 4.74 Å². The zero-order valence-electron chi connectivity index (χ0n) is 20.1. The van der Waals surface area contributed by atoms with Crippen molar-refractivity contribution in [3.63, 3.8) is 0 Å². The Morgan fingerprint density at radius 3 is 2.34 bits per heavy atom. The molecule has 7 nitrogen and oxygen atoms in total. The summed E-state index contributed by atoms with van der Waals surface area (Å²) in [5, 5.41) is 5.94. The second kappa shape index (κ2) is 8.76. The van der Waals surface area contributed by atoms with Crippen LogP contribution in [0, 0.1) is 6.92 Å². The Morgan fingerprint density at radius 2 is 1.69 bits per heavy atom. The molecule has 0 bridgehead atoms. The smallest absolute Gasteiger partial charge is 0.296 e. The molecule has 0 saturated heterocycles. The highest BCUT2D eigenvalue weighted by molar-refractivity contribution is 6.20. The maximum absolute atomic E-state index is 14.1. The van der Waals surface area contributed by atoms with Gasteiger partial charge in [0.25, 0.3) is 11.5 Å². The average Bonchev–Trinajstić information content (AvgIpc) is 3.19. The number of amides is 1. The number of benzene rings is 3. The first-order chi connectivity index (χ1) is 17.0. The van der Waals surface area contributed by atoms with Crippen LogP contribution < -0.4 is 15.2 Å². The number of rotatable bonds is 5. The van der Waals surface area contributed by atoms with Gasteiger partial charge >= 0.3 is 0 Å². The van der Waals surface area contributed by atoms with E-state index in [2.05, 4.69) is 5.10 Å². The van der Waals surface area contributed by atoms with Crippen LogP contribution in [0.25, 0.3) is 27.5 Å². The van der Waals surface area contributed by atoms with E-state index in [9.17, 15) is 9.59 Å². The zero-order valence-corrected chi connectivity index (χ0v) is 20.1. The Bertz CT molecular complexity index is 1620. The summed E-state index contributed by atoms with van der Waals surface area (Å²) in [6, 6.07) is 22.6. The van der Waals surface area contributed by atoms with Crippen LogP contribution in [0.2, 0.25) is 0 Å². The van der Waals surface area contributed by atoms with Gasteiger partial charge in [0.2, 0.25) is 0 Å². The van der Waals surface area contributed by atoms with Crippen LogP contribution >= 0.6 is 0 Å². The molecule has 7 heteroatoms. The minimum absolute atomic E-state index is 0.213. The van der Waals surface area contributed by atoms with Crippen LogP contribution in [0.5, 0.6) is 5.75 Å². The molecule has 176 valence electrons. The molecule has 0 saturated carbocycles. The minimum atomic E-state index is -0.302. The van der Waals surface area contributed by atoms with E-state index in [0.29, 0.717) is 28.9 Å². The van der Waals surface area contributed by atoms with Crippen LogP contribution in [-0.2, 0) is 7.05 Å². The fourth-order valence-electron chi connectivity index (χ4n) is 4.62. The Labute approximate surface area is 202 Å². The molecule has 0 aliphatic rings. The molecule has 3 aromatic carbocycles. The predicted molar refractivity (Wildman–Crippen MR) is 139 cm³/mol. The second-order valence-corrected chi connectivity index (χ2v) is 8.43. The van der Waals surface area contributed by atoms with E-state index in [1.807, 2.05) is 93.7 Å². The predicted octanol–water partition coefficient (Wildman–Crippen LogP) is 4.86. The van der Waals surface area contributed by atoms with Gasteiger partial charge in [0.1, 0.15) is 11.3 Å². The lowest BCUT2D eigenvalue weighted by Crippen LogP contribution is -2.34. The van der Waals surface area contributed by atoms with E-state index in [-0.39, 0.29) is 17.2 Å². The minimum Gasteiger partial charge on any atom is -0.495 e. The van der Waals surface area contributed by atoms with Crippen molar-refractivity contribution < 1.29 is 9.53 Å². The molecule has 5 aromatic rings. The van der Waals surface area contributed by atoms with Crippen LogP contribution in [-0.4, -0.2) is 33.9 Å². The van der Waals surface area contributed by atoms with Gasteiger partial charge in [-0.15, -0.1) is 0 Å². The highest BCUT2D eigenvalue weighted by Crippen LogP contribution is 2.35. The van der Waals surface area contributed by atoms with Crippen molar-refractivity contribution in [2.45, 2.75) is 13.8 Å². The number of hydrogen-bond acceptors (Lipinski definition) is 4. The first-order valence-corrected chi connectivity index (χ1v) is 11.5. The quantitative estimate of drug-likeness (QED) is 0.371. The van der Waals surface area contributed by atoms with Crippen molar-refractivity contribution in [3.05, 3.63) is 94.4 Å². The summed E-state index contributed by atoms with van der Waals surface area (Å²) in [7, 11) is 3.41. The molecular formula is C28H26N4O3. The number of fused-ring (bicyclic) bond motifs is 3. The van der Waals surface area contributed by atoms with Gasteiger partial charge in [-0.2, -0.15) is 9.78 Å². The van der Waals surface area contributed by atoms with Gasteiger partial charge in [0, 0.05) is 30.1 Å². The molecule has 2 heterocycles. The van der Waals surface area contributed by atoms with Crippen LogP contribution in [0.15, 0.2) is 77.6 Å². The summed E-state index contributed by atoms with van der Waals surface area (Å²) >= 11 is 0. The number of carbonyl (C=O) groups is 1. The summed E-state index contributed by atoms with van der Waals surface area (Å²) in [6.45, 7) is 4.35. The number of hydrogen-bond donors (Lipinski definition) is 0. The third-order valence-corrected chi connectivity index (χ3v) is 6.34. The third kappa shape index (κ3) is 3.56. The van der Waals surface area contributed by atoms with E-state index in [0.717, 1.165) is 22.2 Å². The Morgan fingerprint density at radius 1 is 0.971 bits per heavy atom. The molecule has 35 heavy (non-hydrogen) atoms. The third-order valence-electron chi connectivity index (χ3n) is 6.34. The van der Waals surface area contributed by atoms with E-state index in [1.165, 1.54) is 4.68 Å². The number of aryl methyl sites for hydroxylation is 2. The summed E-state index contributed by atoms with van der Waals surface area (Å²) < 4.78 is 8.72. The lowest BCUT2D eigenvalue weighted by molar-refractivity contribution is 0.0983. The molecule has 0 aliphatic carbocycles. The normalized spacial score (nSPS) is 11.2. The first-order valence-electron chi connectivity index (χ1n) is 11.5. The van der Waals surface area contributed by atoms with Crippen molar-refractivity contribution in [3.8, 4) is 11.4 Å². The lowest BCUT2D eigenvalue weighted by atomic mass is 10.1. The standard InChI is InChI=1S/C28H26N4O3/c1-5-31(19-10-7-6-8-11-19)27(33)24-23-21-12-9-13-22(35-4)25(21)30(3)26(23)28(34)32(29-24)20-16-14-18(2)15-17-20/h6-17H,5H2,1-4H3. The van der Waals surface area contributed by atoms with Gasteiger partial charge in [0.05, 0.1) is 18.3 Å². The number of carbonyl (C=O) groups excluding carboxylic acids is 1. The molecule has 0 radical (unpaired) electrons. The zero-order chi connectivity index (χ0) is 24.7. The fraction of sp³-hybridized carbons (Fsp3) is 0.179. The number of methoxy groups -OCH3 is 1. The van der Waals surface area contributed by atoms with E-state index < -0.39 is 0 Å². The SMILES string of the molecule is CCN(C(=O)c1nn(-c2ccc(C)cc2)c(=O)c2c1c1cccc(OC)c1n2C)c1ccccc1. The van der Waals surface area contributed by atoms with Gasteiger partial charge in [0.15, 0.2) is 5.69 Å². The molecule has 0 N–H and O–H groups in total. The molecule has 0 aliphatic heterocycles. The Kier molecular flexibility index (Phi) is 5.61. The first kappa shape index (κ1) is 22.4. The van der Waals surface area contributed by atoms with E-state index >= 15 is 0 Å². The Hall–Kier alpha value is -4.39. The van der Waals surface area contributed by atoms with Crippen LogP contribution in [0.3, 0.4) is 0 Å². The van der Waals surface area contributed by atoms with Crippen molar-refractivity contribution >= 4 is 33.4 Å². The summed E-state index contributed by atoms with van der Waals surface area (Å²) in [6.07, 6.45) is 0. The summed E-state index contributed by atoms with van der Waals surface area (Å²) in [5.74, 6) is 0.344.